The van der Waals surface area contributed by atoms with Crippen LogP contribution in [0, 0.1) is 0 Å². The zero-order valence-electron chi connectivity index (χ0n) is 21.6. The van der Waals surface area contributed by atoms with Crippen molar-refractivity contribution in [3.8, 4) is 17.0 Å². The number of aromatic nitrogens is 1. The molecule has 1 amide bonds. The molecule has 0 bridgehead atoms. The highest BCUT2D eigenvalue weighted by Gasteiger charge is 2.21. The summed E-state index contributed by atoms with van der Waals surface area (Å²) in [5, 5.41) is 14.5. The minimum Gasteiger partial charge on any atom is -0.496 e. The molecule has 2 N–H and O–H groups in total. The third-order valence-corrected chi connectivity index (χ3v) is 7.09. The van der Waals surface area contributed by atoms with Crippen LogP contribution in [-0.4, -0.2) is 35.7 Å². The minimum absolute atomic E-state index is 0.0683. The van der Waals surface area contributed by atoms with Gasteiger partial charge in [-0.25, -0.2) is 9.78 Å². The van der Waals surface area contributed by atoms with E-state index in [9.17, 15) is 9.59 Å². The zero-order valence-corrected chi connectivity index (χ0v) is 24.0. The van der Waals surface area contributed by atoms with E-state index in [0.29, 0.717) is 28.7 Å². The van der Waals surface area contributed by atoms with E-state index in [0.717, 1.165) is 30.4 Å². The number of amides is 1. The number of rotatable bonds is 12. The molecule has 1 aromatic heterocycles. The van der Waals surface area contributed by atoms with Crippen molar-refractivity contribution in [3.05, 3.63) is 68.0 Å². The number of methoxy groups -OCH3 is 1. The van der Waals surface area contributed by atoms with E-state index in [1.165, 1.54) is 36.5 Å². The van der Waals surface area contributed by atoms with Crippen molar-refractivity contribution in [2.24, 2.45) is 0 Å². The van der Waals surface area contributed by atoms with Gasteiger partial charge in [0.05, 0.1) is 29.0 Å². The number of hydrogen-bond acceptors (Lipinski definition) is 6. The summed E-state index contributed by atoms with van der Waals surface area (Å²) in [5.74, 6) is -0.837. The molecule has 7 nitrogen and oxygen atoms in total. The molecule has 0 spiro atoms. The largest absolute Gasteiger partial charge is 0.496 e. The summed E-state index contributed by atoms with van der Waals surface area (Å²) in [4.78, 5) is 28.7. The number of aliphatic carboxylic acids is 1. The third kappa shape index (κ3) is 7.14. The summed E-state index contributed by atoms with van der Waals surface area (Å²) in [6.45, 7) is 6.29. The maximum Gasteiger partial charge on any atom is 0.331 e. The molecule has 3 aromatic rings. The van der Waals surface area contributed by atoms with Crippen molar-refractivity contribution < 1.29 is 24.2 Å². The zero-order chi connectivity index (χ0) is 27.8. The summed E-state index contributed by atoms with van der Waals surface area (Å²) in [6, 6.07) is 8.77. The van der Waals surface area contributed by atoms with E-state index in [-0.39, 0.29) is 27.3 Å². The van der Waals surface area contributed by atoms with Crippen LogP contribution in [0.4, 0.5) is 5.13 Å². The van der Waals surface area contributed by atoms with Gasteiger partial charge in [-0.05, 0) is 44.0 Å². The molecule has 0 aliphatic rings. The fourth-order valence-electron chi connectivity index (χ4n) is 3.84. The number of nitrogens with zero attached hydrogens (tertiary/aromatic N) is 1. The van der Waals surface area contributed by atoms with Gasteiger partial charge in [0.15, 0.2) is 5.13 Å². The minimum atomic E-state index is -1.09. The summed E-state index contributed by atoms with van der Waals surface area (Å²) < 4.78 is 11.9. The highest BCUT2D eigenvalue weighted by Crippen LogP contribution is 2.40. The Bertz CT molecular complexity index is 1320. The van der Waals surface area contributed by atoms with Crippen LogP contribution in [0.5, 0.6) is 5.75 Å². The molecular weight excluding hydrogens is 547 g/mol. The average molecular weight is 578 g/mol. The molecule has 202 valence electrons. The Morgan fingerprint density at radius 2 is 1.89 bits per heavy atom. The number of halogens is 2. The molecule has 0 saturated carbocycles. The Balaban J connectivity index is 1.86. The van der Waals surface area contributed by atoms with E-state index >= 15 is 0 Å². The van der Waals surface area contributed by atoms with Gasteiger partial charge in [0.1, 0.15) is 5.75 Å². The van der Waals surface area contributed by atoms with Gasteiger partial charge in [0, 0.05) is 39.8 Å². The quantitative estimate of drug-likeness (QED) is 0.211. The van der Waals surface area contributed by atoms with E-state index in [1.54, 1.807) is 7.11 Å². The Labute approximate surface area is 236 Å². The van der Waals surface area contributed by atoms with Crippen LogP contribution in [0.1, 0.15) is 67.6 Å². The first-order chi connectivity index (χ1) is 18.2. The first kappa shape index (κ1) is 29.6. The van der Waals surface area contributed by atoms with Crippen LogP contribution in [0.25, 0.3) is 17.3 Å². The monoisotopic (exact) mass is 576 g/mol. The lowest BCUT2D eigenvalue weighted by Crippen LogP contribution is -2.12. The number of carboxylic acids is 1. The Kier molecular flexibility index (Phi) is 10.7. The number of carboxylic acid groups (broad SMARTS) is 1. The van der Waals surface area contributed by atoms with Crippen molar-refractivity contribution in [2.45, 2.75) is 46.1 Å². The van der Waals surface area contributed by atoms with Crippen LogP contribution in [0.2, 0.25) is 10.0 Å². The van der Waals surface area contributed by atoms with Gasteiger partial charge >= 0.3 is 5.97 Å². The van der Waals surface area contributed by atoms with E-state index in [1.807, 2.05) is 23.6 Å². The summed E-state index contributed by atoms with van der Waals surface area (Å²) in [6.07, 6.45) is 4.04. The lowest BCUT2D eigenvalue weighted by atomic mass is 9.99. The smallest absolute Gasteiger partial charge is 0.331 e. The highest BCUT2D eigenvalue weighted by molar-refractivity contribution is 7.14. The number of benzene rings is 2. The van der Waals surface area contributed by atoms with Crippen molar-refractivity contribution in [1.29, 1.82) is 0 Å². The molecule has 0 aliphatic heterocycles. The van der Waals surface area contributed by atoms with E-state index in [4.69, 9.17) is 37.8 Å². The van der Waals surface area contributed by atoms with Crippen molar-refractivity contribution in [2.75, 3.05) is 19.0 Å². The SMILES string of the molecule is CCCOC(CCC)c1cccc(-c2csc(NC(=O)c3cc(Cl)c(C=C(C)C(=O)O)c(Cl)c3)n2)c1OC. The number of nitrogens with one attached hydrogen (secondary N) is 1. The number of ether oxygens (including phenoxy) is 2. The predicted octanol–water partition coefficient (Wildman–Crippen LogP) is 8.13. The van der Waals surface area contributed by atoms with E-state index < -0.39 is 11.9 Å². The van der Waals surface area contributed by atoms with Gasteiger partial charge in [-0.15, -0.1) is 11.3 Å². The Morgan fingerprint density at radius 1 is 1.18 bits per heavy atom. The average Bonchev–Trinajstić information content (AvgIpc) is 3.35. The predicted molar refractivity (Wildman–Crippen MR) is 154 cm³/mol. The maximum atomic E-state index is 12.9. The molecule has 10 heteroatoms. The highest BCUT2D eigenvalue weighted by atomic mass is 35.5. The number of anilines is 1. The topological polar surface area (TPSA) is 97.8 Å². The molecule has 1 heterocycles. The van der Waals surface area contributed by atoms with Gasteiger partial charge in [-0.2, -0.15) is 0 Å². The van der Waals surface area contributed by atoms with E-state index in [2.05, 4.69) is 24.1 Å². The number of carbonyl (C=O) groups excluding carboxylic acids is 1. The Morgan fingerprint density at radius 3 is 2.50 bits per heavy atom. The fourth-order valence-corrected chi connectivity index (χ4v) is 5.15. The van der Waals surface area contributed by atoms with Gasteiger partial charge in [0.2, 0.25) is 0 Å². The standard InChI is InChI=1S/C28H30Cl2N2O5S/c1-5-8-24(37-11-6-2)19-10-7-9-18(25(19)36-4)23-15-38-28(31-23)32-26(33)17-13-21(29)20(22(30)14-17)12-16(3)27(34)35/h7,9-10,12-15,24H,5-6,8,11H2,1-4H3,(H,34,35)(H,31,32,33). The van der Waals surface area contributed by atoms with Gasteiger partial charge < -0.3 is 14.6 Å². The lowest BCUT2D eigenvalue weighted by molar-refractivity contribution is -0.132. The number of para-hydroxylation sites is 1. The molecular formula is C28H30Cl2N2O5S. The molecule has 3 rings (SSSR count). The lowest BCUT2D eigenvalue weighted by Gasteiger charge is -2.21. The molecule has 0 aliphatic carbocycles. The molecule has 38 heavy (non-hydrogen) atoms. The van der Waals surface area contributed by atoms with Crippen molar-refractivity contribution in [3.63, 3.8) is 0 Å². The fraction of sp³-hybridized carbons (Fsp3) is 0.321. The number of thiazole rings is 1. The summed E-state index contributed by atoms with van der Waals surface area (Å²) in [7, 11) is 1.63. The molecule has 0 radical (unpaired) electrons. The molecule has 1 unspecified atom stereocenters. The van der Waals surface area contributed by atoms with Gasteiger partial charge in [-0.1, -0.05) is 55.6 Å². The van der Waals surface area contributed by atoms with Crippen molar-refractivity contribution >= 4 is 57.6 Å². The van der Waals surface area contributed by atoms with Crippen LogP contribution < -0.4 is 10.1 Å². The second kappa shape index (κ2) is 13.8. The number of hydrogen-bond donors (Lipinski definition) is 2. The molecule has 0 saturated heterocycles. The van der Waals surface area contributed by atoms with Crippen LogP contribution in [0.15, 0.2) is 41.3 Å². The van der Waals surface area contributed by atoms with Gasteiger partial charge in [-0.3, -0.25) is 10.1 Å². The number of carbonyl (C=O) groups is 2. The van der Waals surface area contributed by atoms with Crippen molar-refractivity contribution in [1.82, 2.24) is 4.98 Å². The summed E-state index contributed by atoms with van der Waals surface area (Å²) >= 11 is 13.9. The van der Waals surface area contributed by atoms with Crippen LogP contribution in [0.3, 0.4) is 0 Å². The molecule has 2 aromatic carbocycles. The van der Waals surface area contributed by atoms with Crippen LogP contribution >= 0.6 is 34.5 Å². The van der Waals surface area contributed by atoms with Gasteiger partial charge in [0.25, 0.3) is 5.91 Å². The normalized spacial score (nSPS) is 12.3. The maximum absolute atomic E-state index is 12.9. The molecule has 0 fully saturated rings. The summed E-state index contributed by atoms with van der Waals surface area (Å²) in [5.41, 5.74) is 3.05. The first-order valence-electron chi connectivity index (χ1n) is 12.2. The second-order valence-corrected chi connectivity index (χ2v) is 10.2. The second-order valence-electron chi connectivity index (χ2n) is 8.55. The van der Waals surface area contributed by atoms with Crippen LogP contribution in [-0.2, 0) is 9.53 Å². The Hall–Kier alpha value is -2.91. The first-order valence-corrected chi connectivity index (χ1v) is 13.8. The molecule has 1 atom stereocenters. The third-order valence-electron chi connectivity index (χ3n) is 5.71.